The SMILES string of the molecule is CSOCc1ccc(F)cn1. The van der Waals surface area contributed by atoms with Crippen LogP contribution in [0.1, 0.15) is 5.69 Å². The van der Waals surface area contributed by atoms with Crippen LogP contribution in [0.5, 0.6) is 0 Å². The van der Waals surface area contributed by atoms with Crippen LogP contribution in [0.3, 0.4) is 0 Å². The van der Waals surface area contributed by atoms with E-state index in [1.807, 2.05) is 6.26 Å². The Balaban J connectivity index is 2.52. The molecule has 0 fully saturated rings. The number of aromatic nitrogens is 1. The Morgan fingerprint density at radius 1 is 1.64 bits per heavy atom. The van der Waals surface area contributed by atoms with Gasteiger partial charge in [-0.1, -0.05) is 0 Å². The Morgan fingerprint density at radius 2 is 2.45 bits per heavy atom. The van der Waals surface area contributed by atoms with E-state index in [-0.39, 0.29) is 5.82 Å². The molecule has 0 saturated carbocycles. The van der Waals surface area contributed by atoms with Crippen LogP contribution in [0, 0.1) is 5.82 Å². The van der Waals surface area contributed by atoms with Gasteiger partial charge in [-0.3, -0.25) is 4.98 Å². The van der Waals surface area contributed by atoms with Crippen molar-refractivity contribution in [3.8, 4) is 0 Å². The molecule has 0 N–H and O–H groups in total. The molecule has 1 heterocycles. The number of hydrogen-bond acceptors (Lipinski definition) is 3. The molecule has 4 heteroatoms. The number of nitrogens with zero attached hydrogens (tertiary/aromatic N) is 1. The molecule has 0 unspecified atom stereocenters. The zero-order chi connectivity index (χ0) is 8.10. The first-order valence-corrected chi connectivity index (χ1v) is 4.24. The summed E-state index contributed by atoms with van der Waals surface area (Å²) in [5, 5.41) is 0. The van der Waals surface area contributed by atoms with Gasteiger partial charge in [-0.05, 0) is 24.2 Å². The van der Waals surface area contributed by atoms with Gasteiger partial charge in [-0.2, -0.15) is 0 Å². The molecule has 0 bridgehead atoms. The van der Waals surface area contributed by atoms with E-state index in [4.69, 9.17) is 4.18 Å². The number of rotatable bonds is 3. The standard InChI is InChI=1S/C7H8FNOS/c1-11-10-5-7-3-2-6(8)4-9-7/h2-4H,5H2,1H3. The van der Waals surface area contributed by atoms with Crippen LogP contribution in [0.4, 0.5) is 4.39 Å². The van der Waals surface area contributed by atoms with Crippen molar-refractivity contribution in [1.82, 2.24) is 4.98 Å². The molecule has 0 saturated heterocycles. The van der Waals surface area contributed by atoms with Crippen LogP contribution in [0.2, 0.25) is 0 Å². The highest BCUT2D eigenvalue weighted by atomic mass is 32.2. The Bertz CT molecular complexity index is 214. The molecule has 0 aromatic carbocycles. The third-order valence-electron chi connectivity index (χ3n) is 1.11. The third kappa shape index (κ3) is 2.86. The van der Waals surface area contributed by atoms with Gasteiger partial charge in [0.1, 0.15) is 12.4 Å². The second kappa shape index (κ2) is 4.31. The lowest BCUT2D eigenvalue weighted by Crippen LogP contribution is -1.90. The molecule has 0 radical (unpaired) electrons. The van der Waals surface area contributed by atoms with Crippen molar-refractivity contribution in [2.45, 2.75) is 6.61 Å². The summed E-state index contributed by atoms with van der Waals surface area (Å²) in [6, 6.07) is 2.97. The molecule has 1 rings (SSSR count). The molecule has 0 aliphatic rings. The van der Waals surface area contributed by atoms with Gasteiger partial charge in [0, 0.05) is 6.26 Å². The number of hydrogen-bond donors (Lipinski definition) is 0. The van der Waals surface area contributed by atoms with Crippen LogP contribution in [-0.4, -0.2) is 11.2 Å². The van der Waals surface area contributed by atoms with Crippen LogP contribution in [0.25, 0.3) is 0 Å². The van der Waals surface area contributed by atoms with E-state index in [0.717, 1.165) is 5.69 Å². The first kappa shape index (κ1) is 8.49. The molecular weight excluding hydrogens is 165 g/mol. The zero-order valence-corrected chi connectivity index (χ0v) is 6.90. The summed E-state index contributed by atoms with van der Waals surface area (Å²) in [6.07, 6.45) is 3.00. The van der Waals surface area contributed by atoms with Crippen molar-refractivity contribution < 1.29 is 8.57 Å². The fourth-order valence-electron chi connectivity index (χ4n) is 0.611. The molecule has 60 valence electrons. The highest BCUT2D eigenvalue weighted by molar-refractivity contribution is 7.93. The fourth-order valence-corrected chi connectivity index (χ4v) is 0.850. The molecule has 1 aromatic rings. The smallest absolute Gasteiger partial charge is 0.141 e. The predicted octanol–water partition coefficient (Wildman–Crippen LogP) is 2.02. The summed E-state index contributed by atoms with van der Waals surface area (Å²) < 4.78 is 17.3. The Labute approximate surface area is 69.0 Å². The minimum Gasteiger partial charge on any atom is -0.309 e. The second-order valence-corrected chi connectivity index (χ2v) is 2.47. The van der Waals surface area contributed by atoms with Crippen molar-refractivity contribution in [1.29, 1.82) is 0 Å². The number of halogens is 1. The molecule has 11 heavy (non-hydrogen) atoms. The van der Waals surface area contributed by atoms with Crippen LogP contribution >= 0.6 is 12.0 Å². The number of pyridine rings is 1. The maximum absolute atomic E-state index is 12.3. The van der Waals surface area contributed by atoms with Gasteiger partial charge in [0.05, 0.1) is 11.9 Å². The molecule has 0 aliphatic heterocycles. The molecule has 0 amide bonds. The quantitative estimate of drug-likeness (QED) is 0.653. The topological polar surface area (TPSA) is 22.1 Å². The normalized spacial score (nSPS) is 10.0. The van der Waals surface area contributed by atoms with Crippen molar-refractivity contribution in [3.05, 3.63) is 29.8 Å². The van der Waals surface area contributed by atoms with Crippen LogP contribution < -0.4 is 0 Å². The highest BCUT2D eigenvalue weighted by Crippen LogP contribution is 2.03. The summed E-state index contributed by atoms with van der Waals surface area (Å²) >= 11 is 1.27. The molecule has 2 nitrogen and oxygen atoms in total. The van der Waals surface area contributed by atoms with Gasteiger partial charge in [0.25, 0.3) is 0 Å². The maximum Gasteiger partial charge on any atom is 0.141 e. The fraction of sp³-hybridized carbons (Fsp3) is 0.286. The Hall–Kier alpha value is -0.610. The molecule has 1 aromatic heterocycles. The summed E-state index contributed by atoms with van der Waals surface area (Å²) in [4.78, 5) is 3.80. The first-order chi connectivity index (χ1) is 5.33. The van der Waals surface area contributed by atoms with Gasteiger partial charge in [0.2, 0.25) is 0 Å². The van der Waals surface area contributed by atoms with Crippen molar-refractivity contribution in [2.75, 3.05) is 6.26 Å². The van der Waals surface area contributed by atoms with E-state index >= 15 is 0 Å². The van der Waals surface area contributed by atoms with Crippen molar-refractivity contribution >= 4 is 12.0 Å². The summed E-state index contributed by atoms with van der Waals surface area (Å²) in [5.41, 5.74) is 0.737. The van der Waals surface area contributed by atoms with E-state index in [1.165, 1.54) is 24.3 Å². The van der Waals surface area contributed by atoms with E-state index in [9.17, 15) is 4.39 Å². The summed E-state index contributed by atoms with van der Waals surface area (Å²) in [7, 11) is 0. The molecular formula is C7H8FNOS. The van der Waals surface area contributed by atoms with E-state index in [1.54, 1.807) is 6.07 Å². The first-order valence-electron chi connectivity index (χ1n) is 3.09. The molecule has 0 spiro atoms. The minimum absolute atomic E-state index is 0.321. The summed E-state index contributed by atoms with van der Waals surface area (Å²) in [5.74, 6) is -0.321. The van der Waals surface area contributed by atoms with Crippen molar-refractivity contribution in [2.24, 2.45) is 0 Å². The van der Waals surface area contributed by atoms with Gasteiger partial charge in [0.15, 0.2) is 0 Å². The lowest BCUT2D eigenvalue weighted by atomic mass is 10.4. The molecule has 0 aliphatic carbocycles. The van der Waals surface area contributed by atoms with Crippen LogP contribution in [0.15, 0.2) is 18.3 Å². The van der Waals surface area contributed by atoms with E-state index < -0.39 is 0 Å². The van der Waals surface area contributed by atoms with Crippen LogP contribution in [-0.2, 0) is 10.8 Å². The third-order valence-corrected chi connectivity index (χ3v) is 1.47. The highest BCUT2D eigenvalue weighted by Gasteiger charge is 1.93. The van der Waals surface area contributed by atoms with E-state index in [0.29, 0.717) is 6.61 Å². The predicted molar refractivity (Wildman–Crippen MR) is 42.5 cm³/mol. The largest absolute Gasteiger partial charge is 0.309 e. The average molecular weight is 173 g/mol. The molecule has 0 atom stereocenters. The minimum atomic E-state index is -0.321. The Kier molecular flexibility index (Phi) is 3.32. The second-order valence-electron chi connectivity index (χ2n) is 1.90. The van der Waals surface area contributed by atoms with Gasteiger partial charge in [-0.15, -0.1) is 0 Å². The average Bonchev–Trinajstić information content (AvgIpc) is 2.04. The summed E-state index contributed by atoms with van der Waals surface area (Å²) in [6.45, 7) is 0.418. The Morgan fingerprint density at radius 3 is 3.00 bits per heavy atom. The maximum atomic E-state index is 12.3. The van der Waals surface area contributed by atoms with Crippen molar-refractivity contribution in [3.63, 3.8) is 0 Å². The lowest BCUT2D eigenvalue weighted by molar-refractivity contribution is 0.359. The van der Waals surface area contributed by atoms with Gasteiger partial charge < -0.3 is 4.18 Å². The van der Waals surface area contributed by atoms with Gasteiger partial charge >= 0.3 is 0 Å². The monoisotopic (exact) mass is 173 g/mol. The van der Waals surface area contributed by atoms with E-state index in [2.05, 4.69) is 4.98 Å². The van der Waals surface area contributed by atoms with Gasteiger partial charge in [-0.25, -0.2) is 4.39 Å². The zero-order valence-electron chi connectivity index (χ0n) is 6.08. The lowest BCUT2D eigenvalue weighted by Gasteiger charge is -1.97.